The van der Waals surface area contributed by atoms with Crippen molar-refractivity contribution in [1.29, 1.82) is 0 Å². The van der Waals surface area contributed by atoms with Crippen LogP contribution in [0, 0.1) is 23.6 Å². The Morgan fingerprint density at radius 1 is 1.10 bits per heavy atom. The summed E-state index contributed by atoms with van der Waals surface area (Å²) in [5.41, 5.74) is 0.188. The first-order chi connectivity index (χ1) is 15.0. The van der Waals surface area contributed by atoms with Crippen molar-refractivity contribution in [2.45, 2.75) is 48.4 Å². The van der Waals surface area contributed by atoms with E-state index in [1.54, 1.807) is 18.2 Å². The third kappa shape index (κ3) is 4.69. The number of para-hydroxylation sites is 1. The molecule has 0 radical (unpaired) electrons. The van der Waals surface area contributed by atoms with Crippen LogP contribution in [-0.4, -0.2) is 33.4 Å². The first-order valence-corrected chi connectivity index (χ1v) is 12.4. The summed E-state index contributed by atoms with van der Waals surface area (Å²) in [6.07, 6.45) is 7.02. The van der Waals surface area contributed by atoms with Crippen LogP contribution in [0.25, 0.3) is 0 Å². The molecule has 4 aliphatic rings. The summed E-state index contributed by atoms with van der Waals surface area (Å²) < 4.78 is 14.3. The lowest BCUT2D eigenvalue weighted by Crippen LogP contribution is -2.61. The fourth-order valence-electron chi connectivity index (χ4n) is 5.82. The van der Waals surface area contributed by atoms with Gasteiger partial charge in [0.15, 0.2) is 4.34 Å². The number of anilines is 2. The normalized spacial score (nSPS) is 28.4. The number of carbonyl (C=O) groups is 2. The highest BCUT2D eigenvalue weighted by atomic mass is 32.2. The molecule has 3 N–H and O–H groups in total. The number of urea groups is 1. The summed E-state index contributed by atoms with van der Waals surface area (Å²) in [4.78, 5) is 24.7. The molecule has 1 aromatic carbocycles. The zero-order valence-corrected chi connectivity index (χ0v) is 18.5. The van der Waals surface area contributed by atoms with Crippen LogP contribution in [-0.2, 0) is 4.79 Å². The molecule has 0 unspecified atom stereocenters. The molecule has 4 aliphatic carbocycles. The molecule has 4 saturated carbocycles. The molecular formula is C21H24FN5O2S2. The summed E-state index contributed by atoms with van der Waals surface area (Å²) in [6, 6.07) is 5.91. The highest BCUT2D eigenvalue weighted by molar-refractivity contribution is 8.01. The number of thioether (sulfide) groups is 1. The number of carbonyl (C=O) groups excluding carboxylic acids is 2. The number of hydrogen-bond donors (Lipinski definition) is 3. The molecule has 0 aliphatic heterocycles. The quantitative estimate of drug-likeness (QED) is 0.555. The zero-order chi connectivity index (χ0) is 21.4. The van der Waals surface area contributed by atoms with Gasteiger partial charge in [-0.25, -0.2) is 9.18 Å². The van der Waals surface area contributed by atoms with Gasteiger partial charge in [0, 0.05) is 5.54 Å². The van der Waals surface area contributed by atoms with Crippen molar-refractivity contribution in [3.05, 3.63) is 30.1 Å². The molecule has 0 spiro atoms. The van der Waals surface area contributed by atoms with Crippen molar-refractivity contribution in [2.24, 2.45) is 17.8 Å². The number of amides is 3. The Hall–Kier alpha value is -2.20. The summed E-state index contributed by atoms with van der Waals surface area (Å²) in [5, 5.41) is 16.9. The topological polar surface area (TPSA) is 96.0 Å². The summed E-state index contributed by atoms with van der Waals surface area (Å²) in [5.74, 6) is 1.48. The fraction of sp³-hybridized carbons (Fsp3) is 0.524. The van der Waals surface area contributed by atoms with Crippen molar-refractivity contribution in [3.8, 4) is 0 Å². The van der Waals surface area contributed by atoms with E-state index in [1.807, 2.05) is 0 Å². The van der Waals surface area contributed by atoms with E-state index in [4.69, 9.17) is 0 Å². The number of aromatic nitrogens is 2. The van der Waals surface area contributed by atoms with E-state index in [-0.39, 0.29) is 23.0 Å². The van der Waals surface area contributed by atoms with Crippen molar-refractivity contribution in [3.63, 3.8) is 0 Å². The molecule has 164 valence electrons. The zero-order valence-electron chi connectivity index (χ0n) is 16.9. The van der Waals surface area contributed by atoms with Crippen LogP contribution >= 0.6 is 23.1 Å². The molecule has 7 nitrogen and oxygen atoms in total. The van der Waals surface area contributed by atoms with Crippen LogP contribution in [0.4, 0.5) is 20.0 Å². The third-order valence-corrected chi connectivity index (χ3v) is 8.49. The Morgan fingerprint density at radius 2 is 1.77 bits per heavy atom. The van der Waals surface area contributed by atoms with E-state index < -0.39 is 6.03 Å². The van der Waals surface area contributed by atoms with E-state index in [2.05, 4.69) is 26.1 Å². The first kappa shape index (κ1) is 20.7. The predicted molar refractivity (Wildman–Crippen MR) is 118 cm³/mol. The summed E-state index contributed by atoms with van der Waals surface area (Å²) in [7, 11) is 0. The first-order valence-electron chi connectivity index (χ1n) is 10.6. The van der Waals surface area contributed by atoms with Crippen molar-refractivity contribution in [2.75, 3.05) is 11.1 Å². The molecule has 3 amide bonds. The van der Waals surface area contributed by atoms with Crippen molar-refractivity contribution in [1.82, 2.24) is 20.8 Å². The number of hydrogen-bond acceptors (Lipinski definition) is 7. The predicted octanol–water partition coefficient (Wildman–Crippen LogP) is 4.31. The lowest BCUT2D eigenvalue weighted by atomic mass is 9.53. The van der Waals surface area contributed by atoms with Gasteiger partial charge in [0.05, 0.1) is 11.4 Å². The molecule has 31 heavy (non-hydrogen) atoms. The standard InChI is InChI=1S/C21H24FN5O2S2/c22-15-3-1-2-4-16(15)23-19-26-27-20(31-19)30-11-17(28)24-18(29)25-21-8-12-5-13(9-21)7-14(6-12)10-21/h1-4,12-14H,5-11H2,(H,23,26)(H2,24,25,28,29). The maximum Gasteiger partial charge on any atom is 0.321 e. The Balaban J connectivity index is 1.09. The van der Waals surface area contributed by atoms with Gasteiger partial charge in [-0.3, -0.25) is 10.1 Å². The van der Waals surface area contributed by atoms with Gasteiger partial charge in [-0.05, 0) is 68.4 Å². The van der Waals surface area contributed by atoms with Gasteiger partial charge in [0.25, 0.3) is 0 Å². The number of halogens is 1. The second-order valence-corrected chi connectivity index (χ2v) is 11.2. The maximum atomic E-state index is 13.7. The SMILES string of the molecule is O=C(CSc1nnc(Nc2ccccc2F)s1)NC(=O)NC12CC3CC(CC(C3)C1)C2. The highest BCUT2D eigenvalue weighted by Crippen LogP contribution is 2.55. The van der Waals surface area contributed by atoms with Gasteiger partial charge in [-0.2, -0.15) is 0 Å². The molecule has 1 aromatic heterocycles. The Kier molecular flexibility index (Phi) is 5.60. The number of rotatable bonds is 6. The van der Waals surface area contributed by atoms with Crippen LogP contribution in [0.1, 0.15) is 38.5 Å². The Morgan fingerprint density at radius 3 is 2.45 bits per heavy atom. The van der Waals surface area contributed by atoms with E-state index in [1.165, 1.54) is 48.4 Å². The van der Waals surface area contributed by atoms with Gasteiger partial charge in [-0.15, -0.1) is 10.2 Å². The van der Waals surface area contributed by atoms with Gasteiger partial charge in [0.1, 0.15) is 5.82 Å². The average molecular weight is 462 g/mol. The molecule has 6 rings (SSSR count). The van der Waals surface area contributed by atoms with E-state index in [0.717, 1.165) is 37.0 Å². The maximum absolute atomic E-state index is 13.7. The van der Waals surface area contributed by atoms with E-state index >= 15 is 0 Å². The van der Waals surface area contributed by atoms with Crippen LogP contribution in [0.3, 0.4) is 0 Å². The third-order valence-electron chi connectivity index (χ3n) is 6.52. The second kappa shape index (κ2) is 8.38. The smallest absolute Gasteiger partial charge is 0.321 e. The van der Waals surface area contributed by atoms with Crippen LogP contribution in [0.5, 0.6) is 0 Å². The molecule has 2 aromatic rings. The molecule has 4 bridgehead atoms. The fourth-order valence-corrected chi connectivity index (χ4v) is 7.39. The largest absolute Gasteiger partial charge is 0.332 e. The lowest BCUT2D eigenvalue weighted by molar-refractivity contribution is -0.117. The minimum atomic E-state index is -0.397. The van der Waals surface area contributed by atoms with Crippen molar-refractivity contribution >= 4 is 45.9 Å². The summed E-state index contributed by atoms with van der Waals surface area (Å²) in [6.45, 7) is 0. The Bertz CT molecular complexity index is 962. The molecule has 0 atom stereocenters. The highest BCUT2D eigenvalue weighted by Gasteiger charge is 2.51. The van der Waals surface area contributed by atoms with Gasteiger partial charge in [-0.1, -0.05) is 35.2 Å². The van der Waals surface area contributed by atoms with Crippen LogP contribution in [0.15, 0.2) is 28.6 Å². The number of benzene rings is 1. The lowest BCUT2D eigenvalue weighted by Gasteiger charge is -2.56. The van der Waals surface area contributed by atoms with Gasteiger partial charge >= 0.3 is 6.03 Å². The minimum absolute atomic E-state index is 0.0582. The molecule has 4 fully saturated rings. The van der Waals surface area contributed by atoms with Gasteiger partial charge in [0.2, 0.25) is 11.0 Å². The minimum Gasteiger partial charge on any atom is -0.332 e. The second-order valence-electron chi connectivity index (χ2n) is 8.97. The van der Waals surface area contributed by atoms with Crippen LogP contribution in [0.2, 0.25) is 0 Å². The molecule has 0 saturated heterocycles. The average Bonchev–Trinajstić information content (AvgIpc) is 3.14. The van der Waals surface area contributed by atoms with E-state index in [0.29, 0.717) is 15.2 Å². The number of imide groups is 1. The van der Waals surface area contributed by atoms with Crippen LogP contribution < -0.4 is 16.0 Å². The van der Waals surface area contributed by atoms with E-state index in [9.17, 15) is 14.0 Å². The van der Waals surface area contributed by atoms with Crippen molar-refractivity contribution < 1.29 is 14.0 Å². The Labute approximate surface area is 188 Å². The monoisotopic (exact) mass is 461 g/mol. The number of nitrogens with zero attached hydrogens (tertiary/aromatic N) is 2. The van der Waals surface area contributed by atoms with Gasteiger partial charge < -0.3 is 10.6 Å². The number of nitrogens with one attached hydrogen (secondary N) is 3. The molecular weight excluding hydrogens is 437 g/mol. The molecule has 10 heteroatoms. The summed E-state index contributed by atoms with van der Waals surface area (Å²) >= 11 is 2.42. The molecule has 1 heterocycles.